The van der Waals surface area contributed by atoms with Gasteiger partial charge in [0.15, 0.2) is 0 Å². The number of rotatable bonds is 5. The van der Waals surface area contributed by atoms with Crippen molar-refractivity contribution in [2.45, 2.75) is 51.0 Å². The molecule has 0 saturated heterocycles. The largest absolute Gasteiger partial charge is 0.487 e. The Bertz CT molecular complexity index is 614. The molecule has 2 aromatic carbocycles. The molecule has 1 aliphatic rings. The van der Waals surface area contributed by atoms with Crippen molar-refractivity contribution in [3.63, 3.8) is 0 Å². The Hall–Kier alpha value is -1.84. The Balaban J connectivity index is 1.59. The third-order valence-electron chi connectivity index (χ3n) is 4.58. The number of aliphatic hydroxyl groups is 1. The highest BCUT2D eigenvalue weighted by Gasteiger charge is 2.33. The number of hydrogen-bond donors (Lipinski definition) is 2. The van der Waals surface area contributed by atoms with Crippen LogP contribution in [0.2, 0.25) is 0 Å². The van der Waals surface area contributed by atoms with E-state index >= 15 is 0 Å². The van der Waals surface area contributed by atoms with E-state index in [-0.39, 0.29) is 12.1 Å². The molecule has 0 unspecified atom stereocenters. The molecule has 3 heteroatoms. The molecule has 0 aliphatic heterocycles. The van der Waals surface area contributed by atoms with Gasteiger partial charge in [0.05, 0.1) is 0 Å². The van der Waals surface area contributed by atoms with Gasteiger partial charge in [0.2, 0.25) is 0 Å². The molecular formula is C20H25NO2. The topological polar surface area (TPSA) is 41.5 Å². The highest BCUT2D eigenvalue weighted by molar-refractivity contribution is 5.32. The average Bonchev–Trinajstić information content (AvgIpc) is 2.58. The normalized spacial score (nSPS) is 24.3. The van der Waals surface area contributed by atoms with Crippen LogP contribution in [-0.4, -0.2) is 23.4 Å². The van der Waals surface area contributed by atoms with Crippen molar-refractivity contribution in [1.82, 2.24) is 5.32 Å². The Morgan fingerprint density at radius 3 is 2.57 bits per heavy atom. The van der Waals surface area contributed by atoms with Gasteiger partial charge in [0.25, 0.3) is 0 Å². The van der Waals surface area contributed by atoms with E-state index in [1.54, 1.807) is 0 Å². The van der Waals surface area contributed by atoms with Crippen molar-refractivity contribution in [3.8, 4) is 5.75 Å². The zero-order valence-corrected chi connectivity index (χ0v) is 13.6. The van der Waals surface area contributed by atoms with Crippen LogP contribution in [0, 0.1) is 6.92 Å². The maximum absolute atomic E-state index is 10.7. The minimum absolute atomic E-state index is 0.0815. The molecule has 23 heavy (non-hydrogen) atoms. The molecule has 0 spiro atoms. The molecule has 2 N–H and O–H groups in total. The number of hydrogen-bond acceptors (Lipinski definition) is 3. The monoisotopic (exact) mass is 311 g/mol. The standard InChI is InChI=1S/C20H25NO2/c1-15-8-5-6-12-18(15)23-19-13-7-11-17(20(19)22)21-14-16-9-3-2-4-10-16/h2-6,8-10,12,17,19-22H,7,11,13-14H2,1H3/t17-,19+,20+/m0/s1. The summed E-state index contributed by atoms with van der Waals surface area (Å²) < 4.78 is 6.09. The maximum atomic E-state index is 10.7. The summed E-state index contributed by atoms with van der Waals surface area (Å²) in [4.78, 5) is 0. The lowest BCUT2D eigenvalue weighted by atomic mass is 9.89. The van der Waals surface area contributed by atoms with E-state index in [9.17, 15) is 5.11 Å². The second-order valence-electron chi connectivity index (χ2n) is 6.32. The third kappa shape index (κ3) is 4.12. The highest BCUT2D eigenvalue weighted by Crippen LogP contribution is 2.26. The van der Waals surface area contributed by atoms with Gasteiger partial charge in [-0.25, -0.2) is 0 Å². The molecule has 3 rings (SSSR count). The molecule has 3 atom stereocenters. The predicted octanol–water partition coefficient (Wildman–Crippen LogP) is 3.45. The van der Waals surface area contributed by atoms with Crippen LogP contribution >= 0.6 is 0 Å². The van der Waals surface area contributed by atoms with E-state index < -0.39 is 6.10 Å². The fourth-order valence-electron chi connectivity index (χ4n) is 3.19. The summed E-state index contributed by atoms with van der Waals surface area (Å²) in [5, 5.41) is 14.2. The fourth-order valence-corrected chi connectivity index (χ4v) is 3.19. The predicted molar refractivity (Wildman–Crippen MR) is 92.5 cm³/mol. The van der Waals surface area contributed by atoms with Gasteiger partial charge in [-0.3, -0.25) is 0 Å². The van der Waals surface area contributed by atoms with Crippen molar-refractivity contribution >= 4 is 0 Å². The smallest absolute Gasteiger partial charge is 0.126 e. The van der Waals surface area contributed by atoms with E-state index in [1.807, 2.05) is 49.4 Å². The lowest BCUT2D eigenvalue weighted by molar-refractivity contribution is -0.0160. The lowest BCUT2D eigenvalue weighted by Crippen LogP contribution is -2.50. The molecule has 0 radical (unpaired) electrons. The molecule has 0 aromatic heterocycles. The number of para-hydroxylation sites is 1. The SMILES string of the molecule is Cc1ccccc1O[C@@H]1CCC[C@H](NCc2ccccc2)[C@H]1O. The zero-order valence-electron chi connectivity index (χ0n) is 13.6. The fraction of sp³-hybridized carbons (Fsp3) is 0.400. The first-order valence-corrected chi connectivity index (χ1v) is 8.42. The number of aryl methyl sites for hydroxylation is 1. The summed E-state index contributed by atoms with van der Waals surface area (Å²) in [6.45, 7) is 2.81. The zero-order chi connectivity index (χ0) is 16.1. The van der Waals surface area contributed by atoms with Gasteiger partial charge in [0, 0.05) is 12.6 Å². The van der Waals surface area contributed by atoms with Crippen LogP contribution in [0.3, 0.4) is 0 Å². The minimum Gasteiger partial charge on any atom is -0.487 e. The molecule has 1 aliphatic carbocycles. The Kier molecular flexibility index (Phi) is 5.31. The summed E-state index contributed by atoms with van der Waals surface area (Å²) in [6, 6.07) is 18.4. The minimum atomic E-state index is -0.480. The van der Waals surface area contributed by atoms with Crippen LogP contribution in [0.25, 0.3) is 0 Å². The van der Waals surface area contributed by atoms with E-state index in [2.05, 4.69) is 17.4 Å². The van der Waals surface area contributed by atoms with Gasteiger partial charge in [-0.2, -0.15) is 0 Å². The number of benzene rings is 2. The Morgan fingerprint density at radius 1 is 1.04 bits per heavy atom. The van der Waals surface area contributed by atoms with Gasteiger partial charge in [-0.15, -0.1) is 0 Å². The van der Waals surface area contributed by atoms with Gasteiger partial charge in [-0.05, 0) is 43.4 Å². The third-order valence-corrected chi connectivity index (χ3v) is 4.58. The van der Waals surface area contributed by atoms with Crippen molar-refractivity contribution < 1.29 is 9.84 Å². The van der Waals surface area contributed by atoms with Crippen LogP contribution in [0.1, 0.15) is 30.4 Å². The van der Waals surface area contributed by atoms with E-state index in [0.29, 0.717) is 0 Å². The quantitative estimate of drug-likeness (QED) is 0.889. The number of ether oxygens (including phenoxy) is 1. The van der Waals surface area contributed by atoms with Crippen molar-refractivity contribution in [1.29, 1.82) is 0 Å². The van der Waals surface area contributed by atoms with Crippen molar-refractivity contribution in [2.75, 3.05) is 0 Å². The van der Waals surface area contributed by atoms with Crippen molar-refractivity contribution in [2.24, 2.45) is 0 Å². The second kappa shape index (κ2) is 7.62. The second-order valence-corrected chi connectivity index (χ2v) is 6.32. The Labute approximate surface area is 138 Å². The molecule has 1 fully saturated rings. The van der Waals surface area contributed by atoms with Crippen LogP contribution in [0.5, 0.6) is 5.75 Å². The van der Waals surface area contributed by atoms with E-state index in [0.717, 1.165) is 37.1 Å². The molecule has 0 amide bonds. The number of nitrogens with one attached hydrogen (secondary N) is 1. The van der Waals surface area contributed by atoms with Gasteiger partial charge in [0.1, 0.15) is 18.0 Å². The first-order chi connectivity index (χ1) is 11.2. The molecule has 0 bridgehead atoms. The first kappa shape index (κ1) is 16.0. The van der Waals surface area contributed by atoms with Crippen LogP contribution in [0.4, 0.5) is 0 Å². The van der Waals surface area contributed by atoms with Gasteiger partial charge in [-0.1, -0.05) is 48.5 Å². The summed E-state index contributed by atoms with van der Waals surface area (Å²) >= 11 is 0. The van der Waals surface area contributed by atoms with Gasteiger partial charge >= 0.3 is 0 Å². The first-order valence-electron chi connectivity index (χ1n) is 8.42. The van der Waals surface area contributed by atoms with Gasteiger partial charge < -0.3 is 15.2 Å². The van der Waals surface area contributed by atoms with Crippen LogP contribution in [-0.2, 0) is 6.54 Å². The highest BCUT2D eigenvalue weighted by atomic mass is 16.5. The molecule has 1 saturated carbocycles. The summed E-state index contributed by atoms with van der Waals surface area (Å²) in [7, 11) is 0. The molecule has 122 valence electrons. The maximum Gasteiger partial charge on any atom is 0.126 e. The molecule has 2 aromatic rings. The van der Waals surface area contributed by atoms with Crippen molar-refractivity contribution in [3.05, 3.63) is 65.7 Å². The van der Waals surface area contributed by atoms with E-state index in [4.69, 9.17) is 4.74 Å². The van der Waals surface area contributed by atoms with E-state index in [1.165, 1.54) is 5.56 Å². The summed E-state index contributed by atoms with van der Waals surface area (Å²) in [5.41, 5.74) is 2.35. The summed E-state index contributed by atoms with van der Waals surface area (Å²) in [6.07, 6.45) is 2.34. The molecule has 3 nitrogen and oxygen atoms in total. The molecular weight excluding hydrogens is 286 g/mol. The Morgan fingerprint density at radius 2 is 1.78 bits per heavy atom. The summed E-state index contributed by atoms with van der Waals surface area (Å²) in [5.74, 6) is 0.875. The average molecular weight is 311 g/mol. The van der Waals surface area contributed by atoms with Crippen LogP contribution < -0.4 is 10.1 Å². The van der Waals surface area contributed by atoms with Crippen LogP contribution in [0.15, 0.2) is 54.6 Å². The number of aliphatic hydroxyl groups excluding tert-OH is 1. The molecule has 0 heterocycles. The lowest BCUT2D eigenvalue weighted by Gasteiger charge is -2.35.